The molecule has 0 aliphatic carbocycles. The average Bonchev–Trinajstić information content (AvgIpc) is 2.89. The maximum absolute atomic E-state index is 12.5. The Morgan fingerprint density at radius 2 is 1.69 bits per heavy atom. The highest BCUT2D eigenvalue weighted by Gasteiger charge is 2.38. The highest BCUT2D eigenvalue weighted by atomic mass is 32.2. The lowest BCUT2D eigenvalue weighted by Gasteiger charge is -2.15. The lowest BCUT2D eigenvalue weighted by molar-refractivity contribution is -0.121. The largest absolute Gasteiger partial charge is 0.305 e. The summed E-state index contributed by atoms with van der Waals surface area (Å²) in [6.07, 6.45) is 0.715. The Morgan fingerprint density at radius 1 is 1.04 bits per heavy atom. The van der Waals surface area contributed by atoms with Crippen LogP contribution in [0.25, 0.3) is 0 Å². The Labute approximate surface area is 151 Å². The summed E-state index contributed by atoms with van der Waals surface area (Å²) in [5, 5.41) is 8.16. The Hall–Kier alpha value is -2.55. The molecule has 8 heteroatoms. The van der Waals surface area contributed by atoms with E-state index in [0.29, 0.717) is 18.7 Å². The number of hydrogen-bond donors (Lipinski definition) is 2. The molecule has 7 nitrogen and oxygen atoms in total. The molecule has 136 valence electrons. The summed E-state index contributed by atoms with van der Waals surface area (Å²) >= 11 is 0. The number of nitrogens with zero attached hydrogens (tertiary/aromatic N) is 1. The zero-order valence-corrected chi connectivity index (χ0v) is 14.8. The quantitative estimate of drug-likeness (QED) is 0.728. The van der Waals surface area contributed by atoms with Gasteiger partial charge in [0.25, 0.3) is 5.91 Å². The normalized spacial score (nSPS) is 17.7. The second kappa shape index (κ2) is 7.36. The van der Waals surface area contributed by atoms with Gasteiger partial charge in [0.15, 0.2) is 0 Å². The minimum atomic E-state index is -3.70. The first-order valence-electron chi connectivity index (χ1n) is 8.13. The lowest BCUT2D eigenvalue weighted by Crippen LogP contribution is -2.39. The van der Waals surface area contributed by atoms with E-state index in [1.807, 2.05) is 6.07 Å². The second-order valence-electron chi connectivity index (χ2n) is 6.05. The molecule has 0 unspecified atom stereocenters. The topological polar surface area (TPSA) is 110 Å². The highest BCUT2D eigenvalue weighted by Crippen LogP contribution is 2.22. The average molecular weight is 373 g/mol. The van der Waals surface area contributed by atoms with Crippen molar-refractivity contribution in [1.82, 2.24) is 5.32 Å². The molecule has 1 aliphatic rings. The first-order valence-corrected chi connectivity index (χ1v) is 9.68. The number of carbonyl (C=O) groups excluding carboxylic acids is 2. The molecule has 0 saturated carbocycles. The van der Waals surface area contributed by atoms with E-state index in [-0.39, 0.29) is 23.1 Å². The standard InChI is InChI=1S/C18H19N3O4S/c19-26(24,25)15-8-6-13(7-9-15)10-11-20-16-12-17(22)21(18(16)23)14-4-2-1-3-5-14/h1-9,16,20H,10-12H2,(H2,19,24,25)/t16-/m1/s1. The molecule has 1 atom stereocenters. The number of carbonyl (C=O) groups is 2. The molecule has 1 saturated heterocycles. The summed E-state index contributed by atoms with van der Waals surface area (Å²) in [6, 6.07) is 14.5. The van der Waals surface area contributed by atoms with Gasteiger partial charge < -0.3 is 5.32 Å². The molecule has 1 fully saturated rings. The predicted molar refractivity (Wildman–Crippen MR) is 96.9 cm³/mol. The number of sulfonamides is 1. The van der Waals surface area contributed by atoms with E-state index < -0.39 is 16.1 Å². The number of nitrogens with one attached hydrogen (secondary N) is 1. The molecule has 3 rings (SSSR count). The van der Waals surface area contributed by atoms with Crippen LogP contribution in [-0.2, 0) is 26.0 Å². The van der Waals surface area contributed by atoms with Gasteiger partial charge in [-0.15, -0.1) is 0 Å². The van der Waals surface area contributed by atoms with Gasteiger partial charge in [-0.1, -0.05) is 30.3 Å². The van der Waals surface area contributed by atoms with E-state index >= 15 is 0 Å². The highest BCUT2D eigenvalue weighted by molar-refractivity contribution is 7.89. The van der Waals surface area contributed by atoms with Gasteiger partial charge in [-0.2, -0.15) is 0 Å². The van der Waals surface area contributed by atoms with E-state index in [0.717, 1.165) is 5.56 Å². The molecule has 2 aromatic carbocycles. The monoisotopic (exact) mass is 373 g/mol. The van der Waals surface area contributed by atoms with E-state index in [1.165, 1.54) is 17.0 Å². The van der Waals surface area contributed by atoms with Gasteiger partial charge in [0.2, 0.25) is 15.9 Å². The third kappa shape index (κ3) is 3.98. The van der Waals surface area contributed by atoms with Crippen LogP contribution >= 0.6 is 0 Å². The smallest absolute Gasteiger partial charge is 0.251 e. The molecule has 26 heavy (non-hydrogen) atoms. The third-order valence-electron chi connectivity index (χ3n) is 4.22. The van der Waals surface area contributed by atoms with Crippen molar-refractivity contribution >= 4 is 27.5 Å². The molecule has 2 amide bonds. The van der Waals surface area contributed by atoms with Gasteiger partial charge >= 0.3 is 0 Å². The van der Waals surface area contributed by atoms with Crippen molar-refractivity contribution in [2.75, 3.05) is 11.4 Å². The zero-order valence-electron chi connectivity index (χ0n) is 14.0. The molecule has 0 bridgehead atoms. The first kappa shape index (κ1) is 18.2. The zero-order chi connectivity index (χ0) is 18.7. The minimum absolute atomic E-state index is 0.0595. The molecule has 0 spiro atoms. The number of rotatable bonds is 6. The number of nitrogens with two attached hydrogens (primary N) is 1. The summed E-state index contributed by atoms with van der Waals surface area (Å²) in [6.45, 7) is 0.487. The van der Waals surface area contributed by atoms with Crippen LogP contribution in [0.5, 0.6) is 0 Å². The maximum Gasteiger partial charge on any atom is 0.251 e. The number of primary sulfonamides is 1. The van der Waals surface area contributed by atoms with Gasteiger partial charge in [-0.05, 0) is 42.8 Å². The van der Waals surface area contributed by atoms with Crippen molar-refractivity contribution in [3.8, 4) is 0 Å². The summed E-state index contributed by atoms with van der Waals surface area (Å²) < 4.78 is 22.5. The number of para-hydroxylation sites is 1. The van der Waals surface area contributed by atoms with E-state index in [2.05, 4.69) is 5.32 Å². The van der Waals surface area contributed by atoms with Crippen molar-refractivity contribution in [3.63, 3.8) is 0 Å². The number of imide groups is 1. The van der Waals surface area contributed by atoms with Crippen LogP contribution in [0.3, 0.4) is 0 Å². The fourth-order valence-corrected chi connectivity index (χ4v) is 3.39. The van der Waals surface area contributed by atoms with Crippen LogP contribution in [0.15, 0.2) is 59.5 Å². The second-order valence-corrected chi connectivity index (χ2v) is 7.61. The third-order valence-corrected chi connectivity index (χ3v) is 5.15. The fraction of sp³-hybridized carbons (Fsp3) is 0.222. The summed E-state index contributed by atoms with van der Waals surface area (Å²) in [7, 11) is -3.70. The van der Waals surface area contributed by atoms with E-state index in [1.54, 1.807) is 36.4 Å². The van der Waals surface area contributed by atoms with Crippen LogP contribution in [0.2, 0.25) is 0 Å². The Kier molecular flexibility index (Phi) is 5.17. The van der Waals surface area contributed by atoms with E-state index in [9.17, 15) is 18.0 Å². The number of benzene rings is 2. The minimum Gasteiger partial charge on any atom is -0.305 e. The maximum atomic E-state index is 12.5. The van der Waals surface area contributed by atoms with Crippen molar-refractivity contribution in [3.05, 3.63) is 60.2 Å². The Bertz CT molecular complexity index is 911. The van der Waals surface area contributed by atoms with Gasteiger partial charge in [-0.25, -0.2) is 18.5 Å². The fourth-order valence-electron chi connectivity index (χ4n) is 2.88. The van der Waals surface area contributed by atoms with Gasteiger partial charge in [0.05, 0.1) is 23.0 Å². The van der Waals surface area contributed by atoms with Crippen molar-refractivity contribution in [1.29, 1.82) is 0 Å². The lowest BCUT2D eigenvalue weighted by atomic mass is 10.1. The molecular formula is C18H19N3O4S. The summed E-state index contributed by atoms with van der Waals surface area (Å²) in [4.78, 5) is 25.9. The molecule has 3 N–H and O–H groups in total. The van der Waals surface area contributed by atoms with Crippen molar-refractivity contribution in [2.24, 2.45) is 5.14 Å². The Balaban J connectivity index is 1.57. The van der Waals surface area contributed by atoms with Crippen LogP contribution in [0, 0.1) is 0 Å². The molecular weight excluding hydrogens is 354 g/mol. The molecule has 1 heterocycles. The SMILES string of the molecule is NS(=O)(=O)c1ccc(CCN[C@@H]2CC(=O)N(c3ccccc3)C2=O)cc1. The molecule has 0 radical (unpaired) electrons. The van der Waals surface area contributed by atoms with Crippen LogP contribution < -0.4 is 15.4 Å². The van der Waals surface area contributed by atoms with Crippen LogP contribution in [0.1, 0.15) is 12.0 Å². The van der Waals surface area contributed by atoms with Gasteiger partial charge in [0.1, 0.15) is 0 Å². The van der Waals surface area contributed by atoms with Crippen molar-refractivity contribution in [2.45, 2.75) is 23.8 Å². The van der Waals surface area contributed by atoms with Crippen LogP contribution in [-0.4, -0.2) is 32.8 Å². The number of anilines is 1. The predicted octanol–water partition coefficient (Wildman–Crippen LogP) is 0.798. The first-order chi connectivity index (χ1) is 12.4. The summed E-state index contributed by atoms with van der Waals surface area (Å²) in [5.74, 6) is -0.484. The summed E-state index contributed by atoms with van der Waals surface area (Å²) in [5.41, 5.74) is 1.48. The van der Waals surface area contributed by atoms with E-state index in [4.69, 9.17) is 5.14 Å². The van der Waals surface area contributed by atoms with Crippen molar-refractivity contribution < 1.29 is 18.0 Å². The number of amides is 2. The molecule has 1 aliphatic heterocycles. The van der Waals surface area contributed by atoms with Gasteiger partial charge in [0, 0.05) is 0 Å². The van der Waals surface area contributed by atoms with Crippen LogP contribution in [0.4, 0.5) is 5.69 Å². The number of hydrogen-bond acceptors (Lipinski definition) is 5. The van der Waals surface area contributed by atoms with Gasteiger partial charge in [-0.3, -0.25) is 9.59 Å². The molecule has 0 aromatic heterocycles. The molecule has 2 aromatic rings. The Morgan fingerprint density at radius 3 is 2.31 bits per heavy atom.